The van der Waals surface area contributed by atoms with E-state index in [1.807, 2.05) is 102 Å². The van der Waals surface area contributed by atoms with E-state index in [1.54, 1.807) is 0 Å². The van der Waals surface area contributed by atoms with Crippen LogP contribution in [-0.4, -0.2) is 15.7 Å². The number of hydrogen-bond acceptors (Lipinski definition) is 4. The molecule has 1 aliphatic heterocycles. The number of amides is 1. The SMILES string of the molecule is Cc1cccc(C(=O)Nc2c3c(nn2-c2ccc(Oc4ccccc4)cc2)CSC3)c1. The van der Waals surface area contributed by atoms with E-state index in [4.69, 9.17) is 9.84 Å². The van der Waals surface area contributed by atoms with E-state index in [-0.39, 0.29) is 5.91 Å². The summed E-state index contributed by atoms with van der Waals surface area (Å²) in [7, 11) is 0. The van der Waals surface area contributed by atoms with Crippen LogP contribution >= 0.6 is 11.8 Å². The summed E-state index contributed by atoms with van der Waals surface area (Å²) < 4.78 is 7.72. The Morgan fingerprint density at radius 3 is 2.52 bits per heavy atom. The van der Waals surface area contributed by atoms with Crippen LogP contribution in [0.4, 0.5) is 5.82 Å². The van der Waals surface area contributed by atoms with Gasteiger partial charge < -0.3 is 10.1 Å². The van der Waals surface area contributed by atoms with Crippen molar-refractivity contribution in [3.63, 3.8) is 0 Å². The van der Waals surface area contributed by atoms with Gasteiger partial charge in [0.05, 0.1) is 11.4 Å². The molecule has 0 bridgehead atoms. The number of anilines is 1. The molecule has 1 N–H and O–H groups in total. The van der Waals surface area contributed by atoms with E-state index >= 15 is 0 Å². The van der Waals surface area contributed by atoms with Crippen LogP contribution in [-0.2, 0) is 11.5 Å². The third kappa shape index (κ3) is 4.07. The van der Waals surface area contributed by atoms with Gasteiger partial charge in [-0.1, -0.05) is 35.9 Å². The highest BCUT2D eigenvalue weighted by Gasteiger charge is 2.25. The van der Waals surface area contributed by atoms with Crippen LogP contribution in [0.2, 0.25) is 0 Å². The fourth-order valence-corrected chi connectivity index (χ4v) is 4.61. The van der Waals surface area contributed by atoms with Crippen molar-refractivity contribution in [3.05, 3.63) is 101 Å². The van der Waals surface area contributed by atoms with Crippen molar-refractivity contribution in [2.75, 3.05) is 5.32 Å². The number of benzene rings is 3. The summed E-state index contributed by atoms with van der Waals surface area (Å²) in [5.41, 5.74) is 4.68. The second-order valence-corrected chi connectivity index (χ2v) is 8.40. The first kappa shape index (κ1) is 19.5. The van der Waals surface area contributed by atoms with Gasteiger partial charge in [0.25, 0.3) is 5.91 Å². The monoisotopic (exact) mass is 427 g/mol. The number of nitrogens with zero attached hydrogens (tertiary/aromatic N) is 2. The second kappa shape index (κ2) is 8.32. The number of para-hydroxylation sites is 1. The molecule has 154 valence electrons. The molecule has 0 unspecified atom stereocenters. The van der Waals surface area contributed by atoms with Gasteiger partial charge in [0, 0.05) is 22.6 Å². The molecular weight excluding hydrogens is 406 g/mol. The van der Waals surface area contributed by atoms with Gasteiger partial charge in [0.1, 0.15) is 17.3 Å². The number of nitrogens with one attached hydrogen (secondary N) is 1. The Morgan fingerprint density at radius 1 is 0.968 bits per heavy atom. The largest absolute Gasteiger partial charge is 0.457 e. The zero-order valence-electron chi connectivity index (χ0n) is 17.0. The van der Waals surface area contributed by atoms with Crippen LogP contribution in [0.5, 0.6) is 11.5 Å². The van der Waals surface area contributed by atoms with Crippen LogP contribution < -0.4 is 10.1 Å². The molecule has 0 aliphatic carbocycles. The minimum atomic E-state index is -0.131. The first-order valence-corrected chi connectivity index (χ1v) is 11.2. The van der Waals surface area contributed by atoms with Gasteiger partial charge >= 0.3 is 0 Å². The number of thioether (sulfide) groups is 1. The Bertz CT molecular complexity index is 1230. The molecule has 0 fully saturated rings. The summed E-state index contributed by atoms with van der Waals surface area (Å²) in [5, 5.41) is 7.88. The minimum Gasteiger partial charge on any atom is -0.457 e. The summed E-state index contributed by atoms with van der Waals surface area (Å²) in [5.74, 6) is 3.84. The Morgan fingerprint density at radius 2 is 1.74 bits per heavy atom. The number of ether oxygens (including phenoxy) is 1. The van der Waals surface area contributed by atoms with Crippen molar-refractivity contribution in [2.24, 2.45) is 0 Å². The van der Waals surface area contributed by atoms with Gasteiger partial charge in [0.15, 0.2) is 0 Å². The summed E-state index contributed by atoms with van der Waals surface area (Å²) in [6.07, 6.45) is 0. The average molecular weight is 428 g/mol. The highest BCUT2D eigenvalue weighted by atomic mass is 32.2. The van der Waals surface area contributed by atoms with Crippen LogP contribution in [0.1, 0.15) is 27.2 Å². The molecule has 0 saturated heterocycles. The number of rotatable bonds is 5. The lowest BCUT2D eigenvalue weighted by atomic mass is 10.1. The average Bonchev–Trinajstić information content (AvgIpc) is 3.38. The lowest BCUT2D eigenvalue weighted by Crippen LogP contribution is -2.16. The Labute approximate surface area is 185 Å². The number of fused-ring (bicyclic) bond motifs is 1. The second-order valence-electron chi connectivity index (χ2n) is 7.41. The predicted molar refractivity (Wildman–Crippen MR) is 124 cm³/mol. The first-order valence-electron chi connectivity index (χ1n) is 10.1. The lowest BCUT2D eigenvalue weighted by molar-refractivity contribution is 0.102. The quantitative estimate of drug-likeness (QED) is 0.426. The van der Waals surface area contributed by atoms with Crippen LogP contribution in [0.25, 0.3) is 5.69 Å². The third-order valence-electron chi connectivity index (χ3n) is 5.12. The van der Waals surface area contributed by atoms with Gasteiger partial charge in [-0.15, -0.1) is 0 Å². The topological polar surface area (TPSA) is 56.2 Å². The van der Waals surface area contributed by atoms with Crippen molar-refractivity contribution in [1.29, 1.82) is 0 Å². The van der Waals surface area contributed by atoms with Crippen molar-refractivity contribution in [3.8, 4) is 17.2 Å². The van der Waals surface area contributed by atoms with E-state index < -0.39 is 0 Å². The fraction of sp³-hybridized carbons (Fsp3) is 0.120. The predicted octanol–water partition coefficient (Wildman–Crippen LogP) is 5.97. The van der Waals surface area contributed by atoms with Gasteiger partial charge in [-0.25, -0.2) is 4.68 Å². The summed E-state index contributed by atoms with van der Waals surface area (Å²) in [6, 6.07) is 25.0. The zero-order valence-corrected chi connectivity index (χ0v) is 17.9. The van der Waals surface area contributed by atoms with Gasteiger partial charge in [-0.05, 0) is 55.5 Å². The molecule has 0 atom stereocenters. The number of carbonyl (C=O) groups excluding carboxylic acids is 1. The third-order valence-corrected chi connectivity index (χ3v) is 6.09. The molecule has 1 amide bonds. The molecule has 1 aliphatic rings. The fourth-order valence-electron chi connectivity index (χ4n) is 3.57. The number of aryl methyl sites for hydroxylation is 1. The molecular formula is C25H21N3O2S. The molecule has 3 aromatic carbocycles. The maximum atomic E-state index is 12.9. The molecule has 0 saturated carbocycles. The van der Waals surface area contributed by atoms with E-state index in [0.29, 0.717) is 5.56 Å². The molecule has 5 rings (SSSR count). The minimum absolute atomic E-state index is 0.131. The molecule has 4 aromatic rings. The van der Waals surface area contributed by atoms with Crippen molar-refractivity contribution in [2.45, 2.75) is 18.4 Å². The van der Waals surface area contributed by atoms with Crippen molar-refractivity contribution < 1.29 is 9.53 Å². The standard InChI is InChI=1S/C25H21N3O2S/c1-17-6-5-7-18(14-17)25(29)26-24-22-15-31-16-23(22)27-28(24)19-10-12-21(13-11-19)30-20-8-3-2-4-9-20/h2-14H,15-16H2,1H3,(H,26,29). The molecule has 1 aromatic heterocycles. The van der Waals surface area contributed by atoms with Crippen LogP contribution in [0, 0.1) is 6.92 Å². The summed E-state index contributed by atoms with van der Waals surface area (Å²) in [4.78, 5) is 12.9. The van der Waals surface area contributed by atoms with Gasteiger partial charge in [-0.3, -0.25) is 4.79 Å². The first-order chi connectivity index (χ1) is 15.2. The maximum Gasteiger partial charge on any atom is 0.256 e. The summed E-state index contributed by atoms with van der Waals surface area (Å²) in [6.45, 7) is 1.98. The number of carbonyl (C=O) groups is 1. The van der Waals surface area contributed by atoms with E-state index in [1.165, 1.54) is 0 Å². The highest BCUT2D eigenvalue weighted by molar-refractivity contribution is 7.98. The van der Waals surface area contributed by atoms with Gasteiger partial charge in [-0.2, -0.15) is 16.9 Å². The summed E-state index contributed by atoms with van der Waals surface area (Å²) >= 11 is 1.81. The lowest BCUT2D eigenvalue weighted by Gasteiger charge is -2.12. The molecule has 0 radical (unpaired) electrons. The zero-order chi connectivity index (χ0) is 21.2. The molecule has 5 nitrogen and oxygen atoms in total. The number of aromatic nitrogens is 2. The maximum absolute atomic E-state index is 12.9. The van der Waals surface area contributed by atoms with Gasteiger partial charge in [0.2, 0.25) is 0 Å². The Hall–Kier alpha value is -3.51. The van der Waals surface area contributed by atoms with E-state index in [2.05, 4.69) is 5.32 Å². The number of hydrogen-bond donors (Lipinski definition) is 1. The van der Waals surface area contributed by atoms with Crippen LogP contribution in [0.15, 0.2) is 78.9 Å². The Balaban J connectivity index is 1.44. The normalized spacial score (nSPS) is 12.4. The molecule has 2 heterocycles. The smallest absolute Gasteiger partial charge is 0.256 e. The van der Waals surface area contributed by atoms with E-state index in [0.717, 1.165) is 51.3 Å². The van der Waals surface area contributed by atoms with Crippen molar-refractivity contribution in [1.82, 2.24) is 9.78 Å². The molecule has 6 heteroatoms. The van der Waals surface area contributed by atoms with Crippen molar-refractivity contribution >= 4 is 23.5 Å². The Kier molecular flexibility index (Phi) is 5.22. The molecule has 0 spiro atoms. The highest BCUT2D eigenvalue weighted by Crippen LogP contribution is 2.36. The molecule has 31 heavy (non-hydrogen) atoms. The van der Waals surface area contributed by atoms with E-state index in [9.17, 15) is 4.79 Å². The van der Waals surface area contributed by atoms with Crippen LogP contribution in [0.3, 0.4) is 0 Å².